The Hall–Kier alpha value is -1.83. The van der Waals surface area contributed by atoms with Crippen LogP contribution in [0.4, 0.5) is 13.2 Å². The number of hydrogen-bond donors (Lipinski definition) is 1. The van der Waals surface area contributed by atoms with E-state index in [1.807, 2.05) is 0 Å². The van der Waals surface area contributed by atoms with Crippen LogP contribution < -0.4 is 5.32 Å². The summed E-state index contributed by atoms with van der Waals surface area (Å²) in [5, 5.41) is 1.68. The lowest BCUT2D eigenvalue weighted by Crippen LogP contribution is -2.59. The molecule has 4 nitrogen and oxygen atoms in total. The van der Waals surface area contributed by atoms with Gasteiger partial charge < -0.3 is 10.1 Å². The fourth-order valence-electron chi connectivity index (χ4n) is 1.78. The van der Waals surface area contributed by atoms with E-state index in [2.05, 4.69) is 27.2 Å². The average molecular weight is 380 g/mol. The number of halogens is 4. The van der Waals surface area contributed by atoms with Crippen LogP contribution in [0.1, 0.15) is 5.56 Å². The predicted octanol–water partition coefficient (Wildman–Crippen LogP) is 2.73. The van der Waals surface area contributed by atoms with E-state index in [0.29, 0.717) is 5.56 Å². The first kappa shape index (κ1) is 18.2. The van der Waals surface area contributed by atoms with Gasteiger partial charge in [0.15, 0.2) is 5.54 Å². The summed E-state index contributed by atoms with van der Waals surface area (Å²) >= 11 is 2.91. The number of benzene rings is 1. The number of methoxy groups -OCH3 is 1. The summed E-state index contributed by atoms with van der Waals surface area (Å²) in [7, 11) is 1.01. The van der Waals surface area contributed by atoms with E-state index in [4.69, 9.17) is 0 Å². The molecule has 0 saturated heterocycles. The fraction of sp³-hybridized carbons (Fsp3) is 0.286. The number of rotatable bonds is 5. The fourth-order valence-corrected chi connectivity index (χ4v) is 2.18. The molecule has 0 aliphatic heterocycles. The quantitative estimate of drug-likeness (QED) is 0.800. The van der Waals surface area contributed by atoms with Gasteiger partial charge in [-0.3, -0.25) is 4.79 Å². The van der Waals surface area contributed by atoms with Crippen molar-refractivity contribution >= 4 is 27.8 Å². The van der Waals surface area contributed by atoms with Gasteiger partial charge in [0.05, 0.1) is 7.11 Å². The molecule has 1 rings (SSSR count). The molecule has 0 spiro atoms. The monoisotopic (exact) mass is 379 g/mol. The Bertz CT molecular complexity index is 574. The topological polar surface area (TPSA) is 55.4 Å². The molecule has 1 amide bonds. The highest BCUT2D eigenvalue weighted by atomic mass is 79.9. The molecule has 0 unspecified atom stereocenters. The molecule has 0 fully saturated rings. The van der Waals surface area contributed by atoms with Crippen LogP contribution in [0.15, 0.2) is 41.4 Å². The Morgan fingerprint density at radius 1 is 1.27 bits per heavy atom. The summed E-state index contributed by atoms with van der Waals surface area (Å²) in [6.07, 6.45) is -5.38. The summed E-state index contributed by atoms with van der Waals surface area (Å²) in [5.74, 6) is -3.31. The number of carbonyl (C=O) groups excluding carboxylic acids is 2. The Morgan fingerprint density at radius 2 is 1.82 bits per heavy atom. The summed E-state index contributed by atoms with van der Waals surface area (Å²) < 4.78 is 42.0. The first-order valence-electron chi connectivity index (χ1n) is 6.00. The van der Waals surface area contributed by atoms with Crippen molar-refractivity contribution < 1.29 is 27.5 Å². The molecule has 1 aromatic rings. The highest BCUT2D eigenvalue weighted by Gasteiger charge is 2.49. The molecule has 0 heterocycles. The predicted molar refractivity (Wildman–Crippen MR) is 77.2 cm³/mol. The van der Waals surface area contributed by atoms with Gasteiger partial charge in [-0.25, -0.2) is 4.79 Å². The maximum atomic E-state index is 12.5. The Morgan fingerprint density at radius 3 is 2.23 bits per heavy atom. The van der Waals surface area contributed by atoms with Crippen LogP contribution in [0.25, 0.3) is 0 Å². The molecule has 120 valence electrons. The van der Waals surface area contributed by atoms with Gasteiger partial charge in [0.1, 0.15) is 0 Å². The van der Waals surface area contributed by atoms with Gasteiger partial charge in [0.2, 0.25) is 0 Å². The van der Waals surface area contributed by atoms with E-state index in [0.717, 1.165) is 7.11 Å². The van der Waals surface area contributed by atoms with E-state index < -0.39 is 23.6 Å². The second-order valence-electron chi connectivity index (χ2n) is 4.42. The number of hydrogen-bond acceptors (Lipinski definition) is 3. The largest absolute Gasteiger partial charge is 0.471 e. The first-order valence-corrected chi connectivity index (χ1v) is 6.79. The van der Waals surface area contributed by atoms with Crippen LogP contribution in [0.2, 0.25) is 0 Å². The highest BCUT2D eigenvalue weighted by Crippen LogP contribution is 2.29. The zero-order chi connectivity index (χ0) is 17.0. The zero-order valence-electron chi connectivity index (χ0n) is 11.5. The van der Waals surface area contributed by atoms with Gasteiger partial charge in [-0.1, -0.05) is 52.8 Å². The van der Waals surface area contributed by atoms with Gasteiger partial charge in [0, 0.05) is 10.9 Å². The molecule has 1 aromatic carbocycles. The van der Waals surface area contributed by atoms with Gasteiger partial charge in [-0.15, -0.1) is 0 Å². The van der Waals surface area contributed by atoms with Crippen LogP contribution in [0.5, 0.6) is 0 Å². The lowest BCUT2D eigenvalue weighted by atomic mass is 9.90. The molecular formula is C14H13BrF3NO3. The van der Waals surface area contributed by atoms with Crippen molar-refractivity contribution in [2.24, 2.45) is 0 Å². The molecule has 1 atom stereocenters. The molecule has 0 aliphatic rings. The summed E-state index contributed by atoms with van der Waals surface area (Å²) in [5.41, 5.74) is -1.54. The molecule has 0 bridgehead atoms. The van der Waals surface area contributed by atoms with Crippen LogP contribution in [0.3, 0.4) is 0 Å². The third-order valence-corrected chi connectivity index (χ3v) is 3.57. The summed E-state index contributed by atoms with van der Waals surface area (Å²) in [4.78, 5) is 23.3. The van der Waals surface area contributed by atoms with E-state index >= 15 is 0 Å². The number of amides is 1. The maximum absolute atomic E-state index is 12.5. The third-order valence-electron chi connectivity index (χ3n) is 2.89. The molecular weight excluding hydrogens is 367 g/mol. The van der Waals surface area contributed by atoms with Gasteiger partial charge >= 0.3 is 18.1 Å². The lowest BCUT2D eigenvalue weighted by molar-refractivity contribution is -0.177. The van der Waals surface area contributed by atoms with Crippen molar-refractivity contribution in [1.82, 2.24) is 5.32 Å². The number of ether oxygens (including phenoxy) is 1. The van der Waals surface area contributed by atoms with E-state index in [1.54, 1.807) is 35.6 Å². The van der Waals surface area contributed by atoms with Crippen molar-refractivity contribution in [3.8, 4) is 0 Å². The third kappa shape index (κ3) is 4.09. The van der Waals surface area contributed by atoms with Gasteiger partial charge in [0.25, 0.3) is 0 Å². The minimum Gasteiger partial charge on any atom is -0.467 e. The molecule has 0 saturated carbocycles. The standard InChI is InChI=1S/C14H13BrF3NO3/c1-9(15)13(12(21)22-2,19-11(20)14(16,17)18)8-10-6-4-3-5-7-10/h3-7H,1,8H2,2H3,(H,19,20)/t13-/m0/s1. The molecule has 0 radical (unpaired) electrons. The molecule has 1 N–H and O–H groups in total. The summed E-state index contributed by atoms with van der Waals surface area (Å²) in [6, 6.07) is 8.22. The minimum absolute atomic E-state index is 0.145. The van der Waals surface area contributed by atoms with Crippen molar-refractivity contribution in [2.45, 2.75) is 18.1 Å². The Kier molecular flexibility index (Phi) is 5.76. The van der Waals surface area contributed by atoms with Gasteiger partial charge in [-0.05, 0) is 5.56 Å². The maximum Gasteiger partial charge on any atom is 0.471 e. The van der Waals surface area contributed by atoms with Crippen LogP contribution in [-0.2, 0) is 20.7 Å². The van der Waals surface area contributed by atoms with E-state index in [-0.39, 0.29) is 10.9 Å². The van der Waals surface area contributed by atoms with Crippen molar-refractivity contribution in [2.75, 3.05) is 7.11 Å². The number of nitrogens with one attached hydrogen (secondary N) is 1. The Labute approximate surface area is 133 Å². The molecule has 8 heteroatoms. The second kappa shape index (κ2) is 6.95. The number of esters is 1. The second-order valence-corrected chi connectivity index (χ2v) is 5.37. The zero-order valence-corrected chi connectivity index (χ0v) is 13.1. The molecule has 0 aliphatic carbocycles. The SMILES string of the molecule is C=C(Br)[C@](Cc1ccccc1)(NC(=O)C(F)(F)F)C(=O)OC. The van der Waals surface area contributed by atoms with Crippen molar-refractivity contribution in [1.29, 1.82) is 0 Å². The normalized spacial score (nSPS) is 13.9. The smallest absolute Gasteiger partial charge is 0.467 e. The van der Waals surface area contributed by atoms with Crippen LogP contribution in [-0.4, -0.2) is 30.7 Å². The number of alkyl halides is 3. The average Bonchev–Trinajstić information content (AvgIpc) is 2.45. The Balaban J connectivity index is 3.26. The minimum atomic E-state index is -5.14. The summed E-state index contributed by atoms with van der Waals surface area (Å²) in [6.45, 7) is 3.46. The van der Waals surface area contributed by atoms with Crippen molar-refractivity contribution in [3.63, 3.8) is 0 Å². The molecule has 0 aromatic heterocycles. The van der Waals surface area contributed by atoms with Crippen LogP contribution in [0, 0.1) is 0 Å². The highest BCUT2D eigenvalue weighted by molar-refractivity contribution is 9.11. The number of carbonyl (C=O) groups is 2. The van der Waals surface area contributed by atoms with E-state index in [1.165, 1.54) is 0 Å². The van der Waals surface area contributed by atoms with E-state index in [9.17, 15) is 22.8 Å². The lowest BCUT2D eigenvalue weighted by Gasteiger charge is -2.32. The van der Waals surface area contributed by atoms with Gasteiger partial charge in [-0.2, -0.15) is 13.2 Å². The van der Waals surface area contributed by atoms with Crippen LogP contribution >= 0.6 is 15.9 Å². The molecule has 22 heavy (non-hydrogen) atoms. The van der Waals surface area contributed by atoms with Crippen molar-refractivity contribution in [3.05, 3.63) is 47.0 Å². The first-order chi connectivity index (χ1) is 10.1.